The summed E-state index contributed by atoms with van der Waals surface area (Å²) in [5.41, 5.74) is 0.973. The van der Waals surface area contributed by atoms with Gasteiger partial charge in [0.1, 0.15) is 5.44 Å². The lowest BCUT2D eigenvalue weighted by Gasteiger charge is -2.12. The lowest BCUT2D eigenvalue weighted by atomic mass is 10.1. The Morgan fingerprint density at radius 1 is 0.833 bits per heavy atom. The highest BCUT2D eigenvalue weighted by Crippen LogP contribution is 2.34. The number of rotatable bonds is 25. The molecule has 0 aliphatic carbocycles. The van der Waals surface area contributed by atoms with Gasteiger partial charge in [0.25, 0.3) is 0 Å². The summed E-state index contributed by atoms with van der Waals surface area (Å²) in [6, 6.07) is 7.97. The first-order valence-corrected chi connectivity index (χ1v) is 16.9. The molecule has 0 spiro atoms. The summed E-state index contributed by atoms with van der Waals surface area (Å²) in [6.45, 7) is 12.8. The Kier molecular flexibility index (Phi) is 25.2. The third-order valence-electron chi connectivity index (χ3n) is 5.30. The van der Waals surface area contributed by atoms with Gasteiger partial charge < -0.3 is 39.6 Å². The number of benzene rings is 1. The van der Waals surface area contributed by atoms with Gasteiger partial charge in [-0.05, 0) is 44.0 Å². The molecule has 1 atom stereocenters. The zero-order valence-corrected chi connectivity index (χ0v) is 27.0. The van der Waals surface area contributed by atoms with Gasteiger partial charge in [-0.1, -0.05) is 53.5 Å². The lowest BCUT2D eigenvalue weighted by Crippen LogP contribution is -2.29. The van der Waals surface area contributed by atoms with E-state index in [0.29, 0.717) is 72.4 Å². The van der Waals surface area contributed by atoms with Gasteiger partial charge in [-0.15, -0.1) is 5.92 Å². The summed E-state index contributed by atoms with van der Waals surface area (Å²) < 4.78 is 27.3. The maximum Gasteiger partial charge on any atom is 0.407 e. The molecule has 0 radical (unpaired) electrons. The number of nitrogens with one attached hydrogen (secondary N) is 3. The molecule has 12 heteroatoms. The van der Waals surface area contributed by atoms with Crippen molar-refractivity contribution in [1.82, 2.24) is 16.0 Å². The molecule has 0 aliphatic rings. The Bertz CT molecular complexity index is 882. The number of likely N-dealkylation sites (N-methyl/N-ethyl adjacent to an activating group) is 1. The van der Waals surface area contributed by atoms with Gasteiger partial charge in [-0.2, -0.15) is 0 Å². The first kappa shape index (κ1) is 38.0. The molecule has 1 aromatic rings. The van der Waals surface area contributed by atoms with E-state index in [1.54, 1.807) is 21.6 Å². The highest BCUT2D eigenvalue weighted by atomic mass is 33.1. The average Bonchev–Trinajstić information content (AvgIpc) is 2.99. The molecular weight excluding hydrogens is 578 g/mol. The van der Waals surface area contributed by atoms with Crippen LogP contribution in [0.1, 0.15) is 45.6 Å². The Morgan fingerprint density at radius 2 is 1.50 bits per heavy atom. The zero-order valence-electron chi connectivity index (χ0n) is 25.4. The Hall–Kier alpha value is -1.98. The first-order chi connectivity index (χ1) is 20.5. The quantitative estimate of drug-likeness (QED) is 0.0635. The number of hydrogen-bond acceptors (Lipinski definition) is 10. The topological polar surface area (TPSA) is 116 Å². The third kappa shape index (κ3) is 23.6. The molecule has 0 aromatic heterocycles. The Morgan fingerprint density at radius 3 is 2.19 bits per heavy atom. The monoisotopic (exact) mass is 627 g/mol. The van der Waals surface area contributed by atoms with E-state index in [9.17, 15) is 9.59 Å². The molecule has 0 fully saturated rings. The van der Waals surface area contributed by atoms with Gasteiger partial charge >= 0.3 is 6.09 Å². The van der Waals surface area contributed by atoms with E-state index >= 15 is 0 Å². The molecule has 0 saturated heterocycles. The van der Waals surface area contributed by atoms with Crippen molar-refractivity contribution in [3.05, 3.63) is 29.8 Å². The second-order valence-electron chi connectivity index (χ2n) is 8.88. The number of amides is 2. The molecule has 0 aliphatic heterocycles. The maximum atomic E-state index is 12.2. The van der Waals surface area contributed by atoms with Crippen LogP contribution < -0.4 is 16.0 Å². The number of carbonyl (C=O) groups is 2. The fraction of sp³-hybridized carbons (Fsp3) is 0.667. The normalized spacial score (nSPS) is 11.4. The molecule has 2 amide bonds. The van der Waals surface area contributed by atoms with Crippen molar-refractivity contribution in [2.75, 3.05) is 79.0 Å². The molecule has 3 N–H and O–H groups in total. The van der Waals surface area contributed by atoms with Gasteiger partial charge in [0.15, 0.2) is 0 Å². The molecule has 1 unspecified atom stereocenters. The van der Waals surface area contributed by atoms with Crippen LogP contribution in [-0.4, -0.2) is 96.5 Å². The molecular formula is C30H49N3O7S2. The van der Waals surface area contributed by atoms with Crippen molar-refractivity contribution in [2.24, 2.45) is 0 Å². The molecule has 1 aromatic carbocycles. The van der Waals surface area contributed by atoms with E-state index in [1.165, 1.54) is 0 Å². The maximum absolute atomic E-state index is 12.2. The number of ether oxygens (including phenoxy) is 5. The van der Waals surface area contributed by atoms with E-state index in [0.717, 1.165) is 42.8 Å². The SMILES string of the molecule is CCC#CCNC(=O)OCCCCOC(C)SSc1ccc(CC(=O)NCCOCCOCCOCCNCC)cc1. The smallest absolute Gasteiger partial charge is 0.407 e. The summed E-state index contributed by atoms with van der Waals surface area (Å²) in [7, 11) is 3.27. The van der Waals surface area contributed by atoms with Crippen molar-refractivity contribution >= 4 is 33.6 Å². The summed E-state index contributed by atoms with van der Waals surface area (Å²) in [5.74, 6) is 5.68. The number of hydrogen-bond donors (Lipinski definition) is 3. The first-order valence-electron chi connectivity index (χ1n) is 14.7. The fourth-order valence-corrected chi connectivity index (χ4v) is 5.05. The van der Waals surface area contributed by atoms with Crippen LogP contribution in [-0.2, 0) is 34.9 Å². The van der Waals surface area contributed by atoms with Crippen LogP contribution in [0.25, 0.3) is 0 Å². The fourth-order valence-electron chi connectivity index (χ4n) is 3.16. The zero-order chi connectivity index (χ0) is 30.5. The molecule has 238 valence electrons. The minimum Gasteiger partial charge on any atom is -0.450 e. The number of unbranched alkanes of at least 4 members (excludes halogenated alkanes) is 1. The van der Waals surface area contributed by atoms with Crippen LogP contribution in [0.3, 0.4) is 0 Å². The van der Waals surface area contributed by atoms with Crippen LogP contribution in [0.4, 0.5) is 4.79 Å². The van der Waals surface area contributed by atoms with Gasteiger partial charge in [-0.25, -0.2) is 4.79 Å². The predicted molar refractivity (Wildman–Crippen MR) is 170 cm³/mol. The summed E-state index contributed by atoms with van der Waals surface area (Å²) in [6.07, 6.45) is 2.20. The van der Waals surface area contributed by atoms with Crippen LogP contribution in [0, 0.1) is 11.8 Å². The molecule has 42 heavy (non-hydrogen) atoms. The van der Waals surface area contributed by atoms with Crippen LogP contribution in [0.5, 0.6) is 0 Å². The van der Waals surface area contributed by atoms with Gasteiger partial charge in [0, 0.05) is 31.0 Å². The lowest BCUT2D eigenvalue weighted by molar-refractivity contribution is -0.120. The van der Waals surface area contributed by atoms with Crippen molar-refractivity contribution in [3.63, 3.8) is 0 Å². The van der Waals surface area contributed by atoms with Crippen LogP contribution >= 0.6 is 21.6 Å². The average molecular weight is 628 g/mol. The van der Waals surface area contributed by atoms with Crippen molar-refractivity contribution in [3.8, 4) is 11.8 Å². The van der Waals surface area contributed by atoms with E-state index in [-0.39, 0.29) is 11.3 Å². The predicted octanol–water partition coefficient (Wildman–Crippen LogP) is 4.03. The largest absolute Gasteiger partial charge is 0.450 e. The van der Waals surface area contributed by atoms with Gasteiger partial charge in [-0.3, -0.25) is 4.79 Å². The Balaban J connectivity index is 2.00. The summed E-state index contributed by atoms with van der Waals surface area (Å²) in [5, 5.41) is 8.67. The Labute approximate surface area is 259 Å². The van der Waals surface area contributed by atoms with Crippen molar-refractivity contribution < 1.29 is 33.3 Å². The van der Waals surface area contributed by atoms with Gasteiger partial charge in [0.2, 0.25) is 5.91 Å². The highest BCUT2D eigenvalue weighted by molar-refractivity contribution is 8.76. The highest BCUT2D eigenvalue weighted by Gasteiger charge is 2.07. The standard InChI is InChI=1S/C30H49N3O7S2/c1-4-6-7-14-33-30(35)40-18-9-8-17-39-26(3)41-42-28-12-10-27(11-13-28)25-29(34)32-16-20-37-22-24-38-23-21-36-19-15-31-5-2/h10-13,26,31H,4-5,8-9,14-25H2,1-3H3,(H,32,34)(H,33,35). The number of carbonyl (C=O) groups excluding carboxylic acids is 2. The molecule has 0 bridgehead atoms. The van der Waals surface area contributed by atoms with E-state index in [4.69, 9.17) is 23.7 Å². The van der Waals surface area contributed by atoms with Crippen LogP contribution in [0.15, 0.2) is 29.2 Å². The minimum absolute atomic E-state index is 0.0164. The molecule has 0 heterocycles. The van der Waals surface area contributed by atoms with Crippen molar-refractivity contribution in [1.29, 1.82) is 0 Å². The summed E-state index contributed by atoms with van der Waals surface area (Å²) >= 11 is 0. The van der Waals surface area contributed by atoms with Crippen molar-refractivity contribution in [2.45, 2.75) is 56.8 Å². The molecule has 10 nitrogen and oxygen atoms in total. The van der Waals surface area contributed by atoms with E-state index in [2.05, 4.69) is 34.7 Å². The van der Waals surface area contributed by atoms with E-state index in [1.807, 2.05) is 38.1 Å². The second kappa shape index (κ2) is 27.8. The minimum atomic E-state index is -0.441. The second-order valence-corrected chi connectivity index (χ2v) is 11.5. The molecule has 1 rings (SSSR count). The number of alkyl carbamates (subject to hydrolysis) is 1. The van der Waals surface area contributed by atoms with E-state index < -0.39 is 6.09 Å². The molecule has 0 saturated carbocycles. The van der Waals surface area contributed by atoms with Crippen LogP contribution in [0.2, 0.25) is 0 Å². The third-order valence-corrected chi connectivity index (χ3v) is 7.95. The van der Waals surface area contributed by atoms with Gasteiger partial charge in [0.05, 0.1) is 59.2 Å². The summed E-state index contributed by atoms with van der Waals surface area (Å²) in [4.78, 5) is 24.8.